The Morgan fingerprint density at radius 3 is 2.73 bits per heavy atom. The van der Waals surface area contributed by atoms with E-state index in [0.29, 0.717) is 13.0 Å². The van der Waals surface area contributed by atoms with E-state index in [-0.39, 0.29) is 24.5 Å². The standard InChI is InChI=1S/C10H18N2O3/c1-2-9(13)12-7-10(14)11-6-8-4-3-5-15-8/h8H,2-7H2,1H3,(H,11,14)(H,12,13). The van der Waals surface area contributed by atoms with E-state index in [9.17, 15) is 9.59 Å². The third-order valence-corrected chi connectivity index (χ3v) is 2.32. The molecule has 0 aromatic heterocycles. The summed E-state index contributed by atoms with van der Waals surface area (Å²) in [5.74, 6) is -0.269. The summed E-state index contributed by atoms with van der Waals surface area (Å²) < 4.78 is 5.35. The smallest absolute Gasteiger partial charge is 0.239 e. The molecule has 1 heterocycles. The first-order valence-electron chi connectivity index (χ1n) is 5.37. The van der Waals surface area contributed by atoms with Crippen molar-refractivity contribution in [2.45, 2.75) is 32.3 Å². The summed E-state index contributed by atoms with van der Waals surface area (Å²) in [6.45, 7) is 3.13. The van der Waals surface area contributed by atoms with E-state index in [1.165, 1.54) is 0 Å². The van der Waals surface area contributed by atoms with Crippen LogP contribution in [0.3, 0.4) is 0 Å². The van der Waals surface area contributed by atoms with E-state index in [4.69, 9.17) is 4.74 Å². The van der Waals surface area contributed by atoms with Crippen LogP contribution < -0.4 is 10.6 Å². The van der Waals surface area contributed by atoms with Crippen molar-refractivity contribution in [2.75, 3.05) is 19.7 Å². The van der Waals surface area contributed by atoms with Crippen molar-refractivity contribution in [2.24, 2.45) is 0 Å². The Balaban J connectivity index is 2.05. The number of carbonyl (C=O) groups excluding carboxylic acids is 2. The van der Waals surface area contributed by atoms with Gasteiger partial charge in [0.1, 0.15) is 0 Å². The molecule has 86 valence electrons. The molecule has 5 nitrogen and oxygen atoms in total. The van der Waals surface area contributed by atoms with E-state index in [2.05, 4.69) is 10.6 Å². The lowest BCUT2D eigenvalue weighted by Gasteiger charge is -2.10. The molecule has 1 fully saturated rings. The second-order valence-corrected chi connectivity index (χ2v) is 3.57. The first-order valence-corrected chi connectivity index (χ1v) is 5.37. The number of hydrogen-bond donors (Lipinski definition) is 2. The number of hydrogen-bond acceptors (Lipinski definition) is 3. The highest BCUT2D eigenvalue weighted by atomic mass is 16.5. The van der Waals surface area contributed by atoms with Crippen LogP contribution >= 0.6 is 0 Å². The number of ether oxygens (including phenoxy) is 1. The summed E-state index contributed by atoms with van der Waals surface area (Å²) in [6, 6.07) is 0. The van der Waals surface area contributed by atoms with Crippen molar-refractivity contribution in [1.29, 1.82) is 0 Å². The lowest BCUT2D eigenvalue weighted by atomic mass is 10.2. The first-order chi connectivity index (χ1) is 7.22. The highest BCUT2D eigenvalue weighted by molar-refractivity contribution is 5.84. The molecule has 1 unspecified atom stereocenters. The molecule has 1 atom stereocenters. The van der Waals surface area contributed by atoms with Crippen LogP contribution in [0.15, 0.2) is 0 Å². The Bertz CT molecular complexity index is 225. The summed E-state index contributed by atoms with van der Waals surface area (Å²) in [5.41, 5.74) is 0. The first kappa shape index (κ1) is 12.0. The molecule has 5 heteroatoms. The van der Waals surface area contributed by atoms with Gasteiger partial charge in [0.05, 0.1) is 12.6 Å². The van der Waals surface area contributed by atoms with E-state index in [0.717, 1.165) is 19.4 Å². The second-order valence-electron chi connectivity index (χ2n) is 3.57. The summed E-state index contributed by atoms with van der Waals surface area (Å²) >= 11 is 0. The predicted molar refractivity (Wildman–Crippen MR) is 55.3 cm³/mol. The van der Waals surface area contributed by atoms with Gasteiger partial charge in [-0.15, -0.1) is 0 Å². The minimum Gasteiger partial charge on any atom is -0.376 e. The molecule has 15 heavy (non-hydrogen) atoms. The summed E-state index contributed by atoms with van der Waals surface area (Å²) in [5, 5.41) is 5.24. The topological polar surface area (TPSA) is 67.4 Å². The van der Waals surface area contributed by atoms with Gasteiger partial charge in [-0.3, -0.25) is 9.59 Å². The Hall–Kier alpha value is -1.10. The third kappa shape index (κ3) is 4.78. The maximum Gasteiger partial charge on any atom is 0.239 e. The van der Waals surface area contributed by atoms with Crippen LogP contribution in [-0.4, -0.2) is 37.6 Å². The molecule has 1 aliphatic rings. The zero-order valence-corrected chi connectivity index (χ0v) is 9.04. The molecule has 0 radical (unpaired) electrons. The summed E-state index contributed by atoms with van der Waals surface area (Å²) in [6.07, 6.45) is 2.61. The maximum absolute atomic E-state index is 11.2. The Morgan fingerprint density at radius 1 is 1.33 bits per heavy atom. The zero-order valence-electron chi connectivity index (χ0n) is 9.04. The lowest BCUT2D eigenvalue weighted by molar-refractivity contribution is -0.126. The van der Waals surface area contributed by atoms with Crippen LogP contribution in [0.2, 0.25) is 0 Å². The molecule has 0 spiro atoms. The van der Waals surface area contributed by atoms with Crippen LogP contribution in [0.4, 0.5) is 0 Å². The zero-order chi connectivity index (χ0) is 11.1. The molecular weight excluding hydrogens is 196 g/mol. The van der Waals surface area contributed by atoms with Crippen molar-refractivity contribution < 1.29 is 14.3 Å². The number of nitrogens with one attached hydrogen (secondary N) is 2. The quantitative estimate of drug-likeness (QED) is 0.666. The van der Waals surface area contributed by atoms with Gasteiger partial charge in [0, 0.05) is 19.6 Å². The maximum atomic E-state index is 11.2. The van der Waals surface area contributed by atoms with E-state index in [1.54, 1.807) is 6.92 Å². The van der Waals surface area contributed by atoms with E-state index < -0.39 is 0 Å². The number of carbonyl (C=O) groups is 2. The third-order valence-electron chi connectivity index (χ3n) is 2.32. The van der Waals surface area contributed by atoms with Gasteiger partial charge in [-0.05, 0) is 12.8 Å². The van der Waals surface area contributed by atoms with Gasteiger partial charge in [0.15, 0.2) is 0 Å². The molecular formula is C10H18N2O3. The fraction of sp³-hybridized carbons (Fsp3) is 0.800. The minimum absolute atomic E-state index is 0.0550. The molecule has 0 aliphatic carbocycles. The van der Waals surface area contributed by atoms with Gasteiger partial charge in [-0.2, -0.15) is 0 Å². The van der Waals surface area contributed by atoms with Crippen LogP contribution in [0, 0.1) is 0 Å². The molecule has 1 saturated heterocycles. The van der Waals surface area contributed by atoms with Crippen molar-refractivity contribution >= 4 is 11.8 Å². The van der Waals surface area contributed by atoms with Crippen molar-refractivity contribution in [1.82, 2.24) is 10.6 Å². The second kappa shape index (κ2) is 6.40. The average Bonchev–Trinajstić information content (AvgIpc) is 2.75. The summed E-state index contributed by atoms with van der Waals surface area (Å²) in [4.78, 5) is 22.1. The normalized spacial score (nSPS) is 19.9. The van der Waals surface area contributed by atoms with Crippen molar-refractivity contribution in [3.63, 3.8) is 0 Å². The molecule has 0 saturated carbocycles. The van der Waals surface area contributed by atoms with Crippen LogP contribution in [0.5, 0.6) is 0 Å². The molecule has 0 aromatic rings. The van der Waals surface area contributed by atoms with Crippen molar-refractivity contribution in [3.8, 4) is 0 Å². The molecule has 1 rings (SSSR count). The van der Waals surface area contributed by atoms with Gasteiger partial charge < -0.3 is 15.4 Å². The van der Waals surface area contributed by atoms with Gasteiger partial charge in [-0.25, -0.2) is 0 Å². The lowest BCUT2D eigenvalue weighted by Crippen LogP contribution is -2.39. The van der Waals surface area contributed by atoms with Gasteiger partial charge >= 0.3 is 0 Å². The predicted octanol–water partition coefficient (Wildman–Crippen LogP) is -0.192. The van der Waals surface area contributed by atoms with Gasteiger partial charge in [-0.1, -0.05) is 6.92 Å². The number of amides is 2. The Labute approximate surface area is 89.6 Å². The molecule has 2 amide bonds. The Kier molecular flexibility index (Phi) is 5.10. The van der Waals surface area contributed by atoms with Gasteiger partial charge in [0.25, 0.3) is 0 Å². The highest BCUT2D eigenvalue weighted by Gasteiger charge is 2.15. The largest absolute Gasteiger partial charge is 0.376 e. The van der Waals surface area contributed by atoms with Crippen LogP contribution in [0.25, 0.3) is 0 Å². The molecule has 2 N–H and O–H groups in total. The SMILES string of the molecule is CCC(=O)NCC(=O)NCC1CCCO1. The highest BCUT2D eigenvalue weighted by Crippen LogP contribution is 2.10. The molecule has 0 bridgehead atoms. The minimum atomic E-state index is -0.160. The monoisotopic (exact) mass is 214 g/mol. The molecule has 0 aromatic carbocycles. The van der Waals surface area contributed by atoms with Crippen molar-refractivity contribution in [3.05, 3.63) is 0 Å². The number of rotatable bonds is 5. The van der Waals surface area contributed by atoms with Crippen LogP contribution in [-0.2, 0) is 14.3 Å². The van der Waals surface area contributed by atoms with E-state index >= 15 is 0 Å². The average molecular weight is 214 g/mol. The van der Waals surface area contributed by atoms with Crippen LogP contribution in [0.1, 0.15) is 26.2 Å². The molecule has 1 aliphatic heterocycles. The van der Waals surface area contributed by atoms with Gasteiger partial charge in [0.2, 0.25) is 11.8 Å². The fourth-order valence-electron chi connectivity index (χ4n) is 1.40. The summed E-state index contributed by atoms with van der Waals surface area (Å²) in [7, 11) is 0. The van der Waals surface area contributed by atoms with E-state index in [1.807, 2.05) is 0 Å². The fourth-order valence-corrected chi connectivity index (χ4v) is 1.40. The Morgan fingerprint density at radius 2 is 2.13 bits per heavy atom.